The lowest BCUT2D eigenvalue weighted by atomic mass is 9.99. The van der Waals surface area contributed by atoms with E-state index in [9.17, 15) is 14.7 Å². The number of H-pyrrole nitrogens is 2. The molecule has 4 aliphatic rings. The molecule has 3 aromatic carbocycles. The van der Waals surface area contributed by atoms with Crippen LogP contribution in [0.3, 0.4) is 0 Å². The zero-order valence-electron chi connectivity index (χ0n) is 25.8. The highest BCUT2D eigenvalue weighted by Crippen LogP contribution is 2.53. The number of amides is 2. The molecule has 4 fully saturated rings. The lowest BCUT2D eigenvalue weighted by Gasteiger charge is -2.31. The Morgan fingerprint density at radius 3 is 2.41 bits per heavy atom. The van der Waals surface area contributed by atoms with Crippen LogP contribution in [0.15, 0.2) is 60.8 Å². The summed E-state index contributed by atoms with van der Waals surface area (Å²) < 4.78 is 0. The fourth-order valence-electron chi connectivity index (χ4n) is 7.97. The van der Waals surface area contributed by atoms with Gasteiger partial charge in [0.2, 0.25) is 5.91 Å². The standard InChI is InChI=1S/C36H37N7O3/c1-17(2)32(42-36(45)46)35(44)43-30-14-24(30)15-31(43)34-37-16-29(41-34)22-6-5-18-9-19(3-4-20(18)10-22)21-7-8-25-27(11-21)40-33(39-25)28-13-23-12-26(23)38-28/h3-11,16-17,23-24,26,28,30-32,38,42H,12-15H2,1-2H3,(H,37,41)(H,39,40)(H,45,46)/t23-,24-,26-,28+,30-,31+,32+/m1/s1. The normalized spacial score (nSPS) is 26.8. The van der Waals surface area contributed by atoms with Gasteiger partial charge in [-0.25, -0.2) is 14.8 Å². The second kappa shape index (κ2) is 10.2. The van der Waals surface area contributed by atoms with Crippen LogP contribution in [0.5, 0.6) is 0 Å². The number of imidazole rings is 2. The molecule has 2 amide bonds. The number of piperidine rings is 2. The van der Waals surface area contributed by atoms with E-state index in [0.717, 1.165) is 74.6 Å². The van der Waals surface area contributed by atoms with E-state index >= 15 is 0 Å². The lowest BCUT2D eigenvalue weighted by molar-refractivity contribution is -0.136. The third-order valence-electron chi connectivity index (χ3n) is 10.7. The topological polar surface area (TPSA) is 139 Å². The van der Waals surface area contributed by atoms with Crippen molar-refractivity contribution in [2.45, 2.75) is 69.7 Å². The highest BCUT2D eigenvalue weighted by atomic mass is 16.4. The minimum absolute atomic E-state index is 0.155. The number of aromatic nitrogens is 4. The first-order valence-corrected chi connectivity index (χ1v) is 16.5. The van der Waals surface area contributed by atoms with Crippen LogP contribution < -0.4 is 10.6 Å². The maximum absolute atomic E-state index is 13.6. The summed E-state index contributed by atoms with van der Waals surface area (Å²) >= 11 is 0. The molecule has 0 bridgehead atoms. The van der Waals surface area contributed by atoms with Crippen LogP contribution in [-0.4, -0.2) is 60.1 Å². The summed E-state index contributed by atoms with van der Waals surface area (Å²) in [5.41, 5.74) is 6.21. The van der Waals surface area contributed by atoms with Crippen LogP contribution in [0, 0.1) is 17.8 Å². The fourth-order valence-corrected chi connectivity index (χ4v) is 7.97. The second-order valence-electron chi connectivity index (χ2n) is 14.1. The quantitative estimate of drug-likeness (QED) is 0.149. The van der Waals surface area contributed by atoms with Crippen molar-refractivity contribution in [3.05, 3.63) is 72.4 Å². The van der Waals surface area contributed by atoms with Gasteiger partial charge in [-0.3, -0.25) is 4.79 Å². The summed E-state index contributed by atoms with van der Waals surface area (Å²) in [5.74, 6) is 2.75. The number of nitrogens with one attached hydrogen (secondary N) is 4. The molecule has 7 atom stereocenters. The first kappa shape index (κ1) is 27.6. The van der Waals surface area contributed by atoms with Gasteiger partial charge in [-0.05, 0) is 89.6 Å². The number of hydrogen-bond donors (Lipinski definition) is 5. The number of rotatable bonds is 7. The number of carboxylic acid groups (broad SMARTS) is 1. The highest BCUT2D eigenvalue weighted by Gasteiger charge is 2.56. The Kier molecular flexibility index (Phi) is 6.09. The van der Waals surface area contributed by atoms with Gasteiger partial charge < -0.3 is 30.6 Å². The Balaban J connectivity index is 0.950. The maximum Gasteiger partial charge on any atom is 0.405 e. The first-order chi connectivity index (χ1) is 22.3. The Hall–Kier alpha value is -4.70. The smallest absolute Gasteiger partial charge is 0.405 e. The van der Waals surface area contributed by atoms with E-state index in [4.69, 9.17) is 9.97 Å². The molecule has 46 heavy (non-hydrogen) atoms. The van der Waals surface area contributed by atoms with Crippen LogP contribution >= 0.6 is 0 Å². The fraction of sp³-hybridized carbons (Fsp3) is 0.389. The zero-order valence-corrected chi connectivity index (χ0v) is 25.8. The van der Waals surface area contributed by atoms with Crippen LogP contribution in [0.1, 0.15) is 63.3 Å². The molecule has 10 heteroatoms. The molecule has 10 nitrogen and oxygen atoms in total. The zero-order chi connectivity index (χ0) is 31.3. The Labute approximate surface area is 266 Å². The highest BCUT2D eigenvalue weighted by molar-refractivity contribution is 5.92. The molecule has 2 aliphatic heterocycles. The van der Waals surface area contributed by atoms with E-state index < -0.39 is 12.1 Å². The van der Waals surface area contributed by atoms with Gasteiger partial charge in [0.25, 0.3) is 0 Å². The molecule has 4 heterocycles. The van der Waals surface area contributed by atoms with Crippen molar-refractivity contribution in [3.8, 4) is 22.4 Å². The van der Waals surface area contributed by atoms with Crippen molar-refractivity contribution < 1.29 is 14.7 Å². The Morgan fingerprint density at radius 2 is 1.65 bits per heavy atom. The van der Waals surface area contributed by atoms with E-state index in [1.54, 1.807) is 0 Å². The third-order valence-corrected chi connectivity index (χ3v) is 10.7. The van der Waals surface area contributed by atoms with Crippen molar-refractivity contribution in [2.24, 2.45) is 17.8 Å². The number of nitrogens with zero attached hydrogens (tertiary/aromatic N) is 3. The van der Waals surface area contributed by atoms with Crippen molar-refractivity contribution in [3.63, 3.8) is 0 Å². The van der Waals surface area contributed by atoms with Crippen molar-refractivity contribution in [1.29, 1.82) is 0 Å². The second-order valence-corrected chi connectivity index (χ2v) is 14.1. The molecule has 0 spiro atoms. The molecule has 2 aromatic heterocycles. The summed E-state index contributed by atoms with van der Waals surface area (Å²) in [4.78, 5) is 43.6. The summed E-state index contributed by atoms with van der Waals surface area (Å²) in [5, 5.41) is 17.7. The molecule has 0 unspecified atom stereocenters. The monoisotopic (exact) mass is 615 g/mol. The molecule has 5 aromatic rings. The van der Waals surface area contributed by atoms with E-state index in [2.05, 4.69) is 75.2 Å². The van der Waals surface area contributed by atoms with Crippen LogP contribution in [0.25, 0.3) is 44.2 Å². The summed E-state index contributed by atoms with van der Waals surface area (Å²) in [6.07, 6.45) is 5.02. The average Bonchev–Trinajstić information content (AvgIpc) is 3.64. The van der Waals surface area contributed by atoms with Gasteiger partial charge in [0.1, 0.15) is 17.7 Å². The molecule has 9 rings (SSSR count). The molecule has 2 aliphatic carbocycles. The summed E-state index contributed by atoms with van der Waals surface area (Å²) in [7, 11) is 0. The number of aromatic amines is 2. The number of carbonyl (C=O) groups is 2. The van der Waals surface area contributed by atoms with Gasteiger partial charge in [0.05, 0.1) is 28.8 Å². The van der Waals surface area contributed by atoms with E-state index in [-0.39, 0.29) is 23.9 Å². The van der Waals surface area contributed by atoms with Gasteiger partial charge >= 0.3 is 6.09 Å². The first-order valence-electron chi connectivity index (χ1n) is 16.5. The molecule has 234 valence electrons. The lowest BCUT2D eigenvalue weighted by Crippen LogP contribution is -2.51. The molecular weight excluding hydrogens is 578 g/mol. The summed E-state index contributed by atoms with van der Waals surface area (Å²) in [6.45, 7) is 3.73. The average molecular weight is 616 g/mol. The van der Waals surface area contributed by atoms with Crippen molar-refractivity contribution in [1.82, 2.24) is 35.5 Å². The van der Waals surface area contributed by atoms with Gasteiger partial charge in [-0.2, -0.15) is 0 Å². The maximum atomic E-state index is 13.6. The van der Waals surface area contributed by atoms with Gasteiger partial charge in [-0.15, -0.1) is 0 Å². The van der Waals surface area contributed by atoms with Gasteiger partial charge in [-0.1, -0.05) is 44.2 Å². The molecule has 2 saturated heterocycles. The van der Waals surface area contributed by atoms with Crippen LogP contribution in [-0.2, 0) is 4.79 Å². The van der Waals surface area contributed by atoms with E-state index in [0.29, 0.717) is 18.0 Å². The van der Waals surface area contributed by atoms with Crippen LogP contribution in [0.4, 0.5) is 4.79 Å². The molecule has 0 radical (unpaired) electrons. The minimum atomic E-state index is -1.18. The summed E-state index contributed by atoms with van der Waals surface area (Å²) in [6, 6.07) is 19.6. The third kappa shape index (κ3) is 4.65. The van der Waals surface area contributed by atoms with Crippen LogP contribution in [0.2, 0.25) is 0 Å². The Morgan fingerprint density at radius 1 is 0.891 bits per heavy atom. The number of benzene rings is 3. The SMILES string of the molecule is CC(C)[C@H](NC(=O)O)C(=O)N1[C@@H]2C[C@@H]2C[C@H]1c1nc(-c2ccc3cc(-c4ccc5nc([C@@H]6C[C@H]7C[C@H]7N6)[nH]c5c4)ccc3c2)c[nH]1. The largest absolute Gasteiger partial charge is 0.465 e. The van der Waals surface area contributed by atoms with Gasteiger partial charge in [0.15, 0.2) is 0 Å². The molecule has 5 N–H and O–H groups in total. The van der Waals surface area contributed by atoms with Gasteiger partial charge in [0, 0.05) is 23.8 Å². The molecular formula is C36H37N7O3. The number of likely N-dealkylation sites (tertiary alicyclic amines) is 1. The number of hydrogen-bond acceptors (Lipinski definition) is 5. The van der Waals surface area contributed by atoms with Crippen molar-refractivity contribution in [2.75, 3.05) is 0 Å². The Bertz CT molecular complexity index is 2020. The molecule has 2 saturated carbocycles. The number of carbonyl (C=O) groups excluding carboxylic acids is 1. The predicted molar refractivity (Wildman–Crippen MR) is 175 cm³/mol. The minimum Gasteiger partial charge on any atom is -0.465 e. The number of fused-ring (bicyclic) bond motifs is 4. The van der Waals surface area contributed by atoms with Crippen molar-refractivity contribution >= 4 is 33.8 Å². The van der Waals surface area contributed by atoms with E-state index in [1.807, 2.05) is 24.9 Å². The predicted octanol–water partition coefficient (Wildman–Crippen LogP) is 6.15. The van der Waals surface area contributed by atoms with E-state index in [1.165, 1.54) is 12.8 Å².